The predicted octanol–water partition coefficient (Wildman–Crippen LogP) is 2.82. The second-order valence-electron chi connectivity index (χ2n) is 5.21. The molecule has 1 aliphatic heterocycles. The number of fused-ring (bicyclic) bond motifs is 1. The maximum atomic E-state index is 12.1. The Morgan fingerprint density at radius 1 is 1.50 bits per heavy atom. The molecular weight excluding hydrogens is 254 g/mol. The highest BCUT2D eigenvalue weighted by Crippen LogP contribution is 2.27. The SMILES string of the molecule is CC(C)(C)OC(=O)N1CCCc2nc(Cl)ncc21. The van der Waals surface area contributed by atoms with Crippen LogP contribution in [-0.2, 0) is 11.2 Å². The van der Waals surface area contributed by atoms with E-state index in [0.29, 0.717) is 12.2 Å². The van der Waals surface area contributed by atoms with E-state index in [0.717, 1.165) is 18.5 Å². The summed E-state index contributed by atoms with van der Waals surface area (Å²) in [6, 6.07) is 0. The molecular formula is C12H16ClN3O2. The number of anilines is 1. The third-order valence-electron chi connectivity index (χ3n) is 2.52. The van der Waals surface area contributed by atoms with Crippen molar-refractivity contribution in [1.82, 2.24) is 9.97 Å². The molecule has 0 unspecified atom stereocenters. The lowest BCUT2D eigenvalue weighted by Crippen LogP contribution is -2.40. The fraction of sp³-hybridized carbons (Fsp3) is 0.583. The van der Waals surface area contributed by atoms with E-state index in [1.807, 2.05) is 20.8 Å². The van der Waals surface area contributed by atoms with E-state index in [4.69, 9.17) is 16.3 Å². The van der Waals surface area contributed by atoms with Crippen molar-refractivity contribution < 1.29 is 9.53 Å². The Labute approximate surface area is 111 Å². The number of aromatic nitrogens is 2. The minimum absolute atomic E-state index is 0.208. The Kier molecular flexibility index (Phi) is 3.43. The molecule has 98 valence electrons. The van der Waals surface area contributed by atoms with Gasteiger partial charge < -0.3 is 4.74 Å². The van der Waals surface area contributed by atoms with Crippen molar-refractivity contribution in [2.75, 3.05) is 11.4 Å². The average molecular weight is 270 g/mol. The third kappa shape index (κ3) is 2.90. The fourth-order valence-corrected chi connectivity index (χ4v) is 1.98. The van der Waals surface area contributed by atoms with Gasteiger partial charge in [0.25, 0.3) is 0 Å². The van der Waals surface area contributed by atoms with E-state index < -0.39 is 5.60 Å². The molecule has 0 aliphatic carbocycles. The number of aryl methyl sites for hydroxylation is 1. The van der Waals surface area contributed by atoms with Crippen molar-refractivity contribution >= 4 is 23.4 Å². The first-order valence-corrected chi connectivity index (χ1v) is 6.26. The first-order valence-electron chi connectivity index (χ1n) is 5.89. The quantitative estimate of drug-likeness (QED) is 0.680. The average Bonchev–Trinajstić information content (AvgIpc) is 2.25. The van der Waals surface area contributed by atoms with Crippen LogP contribution >= 0.6 is 11.6 Å². The molecule has 0 bridgehead atoms. The standard InChI is InChI=1S/C12H16ClN3O2/c1-12(2,3)18-11(17)16-6-4-5-8-9(16)7-14-10(13)15-8/h7H,4-6H2,1-3H3. The van der Waals surface area contributed by atoms with Crippen molar-refractivity contribution in [1.29, 1.82) is 0 Å². The molecule has 2 heterocycles. The predicted molar refractivity (Wildman–Crippen MR) is 68.9 cm³/mol. The van der Waals surface area contributed by atoms with Crippen LogP contribution in [0.15, 0.2) is 6.20 Å². The van der Waals surface area contributed by atoms with Gasteiger partial charge >= 0.3 is 6.09 Å². The highest BCUT2D eigenvalue weighted by atomic mass is 35.5. The maximum absolute atomic E-state index is 12.1. The van der Waals surface area contributed by atoms with Gasteiger partial charge in [0.15, 0.2) is 0 Å². The normalized spacial score (nSPS) is 15.2. The van der Waals surface area contributed by atoms with Gasteiger partial charge in [-0.05, 0) is 45.2 Å². The summed E-state index contributed by atoms with van der Waals surface area (Å²) in [4.78, 5) is 21.7. The van der Waals surface area contributed by atoms with Crippen molar-refractivity contribution in [2.45, 2.75) is 39.2 Å². The molecule has 0 spiro atoms. The molecule has 5 nitrogen and oxygen atoms in total. The van der Waals surface area contributed by atoms with Crippen molar-refractivity contribution in [2.24, 2.45) is 0 Å². The summed E-state index contributed by atoms with van der Waals surface area (Å²) in [7, 11) is 0. The number of nitrogens with zero attached hydrogens (tertiary/aromatic N) is 3. The van der Waals surface area contributed by atoms with E-state index in [1.54, 1.807) is 11.1 Å². The maximum Gasteiger partial charge on any atom is 0.414 e. The number of rotatable bonds is 0. The Morgan fingerprint density at radius 3 is 2.89 bits per heavy atom. The molecule has 0 atom stereocenters. The highest BCUT2D eigenvalue weighted by molar-refractivity contribution is 6.28. The zero-order valence-corrected chi connectivity index (χ0v) is 11.5. The fourth-order valence-electron chi connectivity index (χ4n) is 1.83. The molecule has 6 heteroatoms. The number of hydrogen-bond acceptors (Lipinski definition) is 4. The molecule has 1 aliphatic rings. The summed E-state index contributed by atoms with van der Waals surface area (Å²) in [6.07, 6.45) is 2.86. The van der Waals surface area contributed by atoms with Crippen molar-refractivity contribution in [3.63, 3.8) is 0 Å². The number of ether oxygens (including phenoxy) is 1. The second kappa shape index (κ2) is 4.72. The van der Waals surface area contributed by atoms with Gasteiger partial charge in [-0.2, -0.15) is 0 Å². The molecule has 0 fully saturated rings. The zero-order chi connectivity index (χ0) is 13.3. The van der Waals surface area contributed by atoms with Crippen LogP contribution in [0.2, 0.25) is 5.28 Å². The Balaban J connectivity index is 2.25. The van der Waals surface area contributed by atoms with E-state index in [9.17, 15) is 4.79 Å². The summed E-state index contributed by atoms with van der Waals surface area (Å²) >= 11 is 5.75. The van der Waals surface area contributed by atoms with Crippen LogP contribution < -0.4 is 4.90 Å². The number of carbonyl (C=O) groups excluding carboxylic acids is 1. The highest BCUT2D eigenvalue weighted by Gasteiger charge is 2.28. The van der Waals surface area contributed by atoms with Crippen LogP contribution in [0.1, 0.15) is 32.9 Å². The largest absolute Gasteiger partial charge is 0.443 e. The molecule has 1 aromatic heterocycles. The van der Waals surface area contributed by atoms with Gasteiger partial charge in [-0.1, -0.05) is 0 Å². The van der Waals surface area contributed by atoms with Gasteiger partial charge in [-0.3, -0.25) is 4.90 Å². The van der Waals surface area contributed by atoms with Gasteiger partial charge in [0.2, 0.25) is 5.28 Å². The Hall–Kier alpha value is -1.36. The Bertz CT molecular complexity index is 471. The van der Waals surface area contributed by atoms with Gasteiger partial charge in [0.1, 0.15) is 5.60 Å². The minimum Gasteiger partial charge on any atom is -0.443 e. The molecule has 0 saturated carbocycles. The van der Waals surface area contributed by atoms with E-state index in [2.05, 4.69) is 9.97 Å². The van der Waals surface area contributed by atoms with Gasteiger partial charge in [-0.25, -0.2) is 14.8 Å². The molecule has 18 heavy (non-hydrogen) atoms. The first kappa shape index (κ1) is 13.1. The molecule has 1 amide bonds. The van der Waals surface area contributed by atoms with Crippen molar-refractivity contribution in [3.05, 3.63) is 17.2 Å². The van der Waals surface area contributed by atoms with Gasteiger partial charge in [0, 0.05) is 6.54 Å². The molecule has 0 N–H and O–H groups in total. The summed E-state index contributed by atoms with van der Waals surface area (Å²) in [5.41, 5.74) is 0.981. The van der Waals surface area contributed by atoms with Crippen LogP contribution in [0.3, 0.4) is 0 Å². The van der Waals surface area contributed by atoms with Crippen LogP contribution in [0.25, 0.3) is 0 Å². The summed E-state index contributed by atoms with van der Waals surface area (Å²) in [6.45, 7) is 6.14. The molecule has 0 aromatic carbocycles. The van der Waals surface area contributed by atoms with Gasteiger partial charge in [0.05, 0.1) is 17.6 Å². The lowest BCUT2D eigenvalue weighted by molar-refractivity contribution is 0.0577. The monoisotopic (exact) mass is 269 g/mol. The first-order chi connectivity index (χ1) is 8.37. The number of carbonyl (C=O) groups is 1. The van der Waals surface area contributed by atoms with Crippen LogP contribution in [0.5, 0.6) is 0 Å². The smallest absolute Gasteiger partial charge is 0.414 e. The van der Waals surface area contributed by atoms with Crippen LogP contribution in [0, 0.1) is 0 Å². The van der Waals surface area contributed by atoms with Crippen molar-refractivity contribution in [3.8, 4) is 0 Å². The van der Waals surface area contributed by atoms with E-state index in [-0.39, 0.29) is 11.4 Å². The minimum atomic E-state index is -0.512. The lowest BCUT2D eigenvalue weighted by atomic mass is 10.1. The molecule has 0 radical (unpaired) electrons. The summed E-state index contributed by atoms with van der Waals surface area (Å²) < 4.78 is 5.36. The number of hydrogen-bond donors (Lipinski definition) is 0. The second-order valence-corrected chi connectivity index (χ2v) is 5.54. The van der Waals surface area contributed by atoms with Crippen LogP contribution in [0.4, 0.5) is 10.5 Å². The van der Waals surface area contributed by atoms with E-state index in [1.165, 1.54) is 0 Å². The Morgan fingerprint density at radius 2 is 2.22 bits per heavy atom. The number of halogens is 1. The molecule has 0 saturated heterocycles. The third-order valence-corrected chi connectivity index (χ3v) is 2.70. The lowest BCUT2D eigenvalue weighted by Gasteiger charge is -2.30. The topological polar surface area (TPSA) is 55.3 Å². The van der Waals surface area contributed by atoms with Crippen LogP contribution in [-0.4, -0.2) is 28.2 Å². The van der Waals surface area contributed by atoms with E-state index >= 15 is 0 Å². The number of amides is 1. The summed E-state index contributed by atoms with van der Waals surface area (Å²) in [5.74, 6) is 0. The zero-order valence-electron chi connectivity index (χ0n) is 10.7. The molecule has 2 rings (SSSR count). The summed E-state index contributed by atoms with van der Waals surface area (Å²) in [5, 5.41) is 0.208. The molecule has 1 aromatic rings. The van der Waals surface area contributed by atoms with Gasteiger partial charge in [-0.15, -0.1) is 0 Å².